The highest BCUT2D eigenvalue weighted by molar-refractivity contribution is 7.89. The maximum absolute atomic E-state index is 12.1. The lowest BCUT2D eigenvalue weighted by atomic mass is 10.1. The van der Waals surface area contributed by atoms with Crippen LogP contribution < -0.4 is 5.32 Å². The van der Waals surface area contributed by atoms with Crippen molar-refractivity contribution in [2.24, 2.45) is 11.8 Å². The first-order valence-corrected chi connectivity index (χ1v) is 9.94. The number of rotatable bonds is 7. The summed E-state index contributed by atoms with van der Waals surface area (Å²) in [5.74, 6) is -0.290. The molecule has 0 spiro atoms. The minimum Gasteiger partial charge on any atom is -0.355 e. The first-order valence-electron chi connectivity index (χ1n) is 8.33. The number of nitrogens with one attached hydrogen (secondary N) is 1. The van der Waals surface area contributed by atoms with E-state index in [1.807, 2.05) is 13.8 Å². The van der Waals surface area contributed by atoms with Crippen LogP contribution >= 0.6 is 0 Å². The third kappa shape index (κ3) is 4.91. The molecule has 0 saturated carbocycles. The molecule has 1 N–H and O–H groups in total. The summed E-state index contributed by atoms with van der Waals surface area (Å²) in [6.45, 7) is 6.42. The predicted molar refractivity (Wildman–Crippen MR) is 87.1 cm³/mol. The quantitative estimate of drug-likeness (QED) is 0.705. The number of nitrogens with zero attached hydrogens (tertiary/aromatic N) is 2. The highest BCUT2D eigenvalue weighted by Crippen LogP contribution is 2.19. The molecule has 8 heteroatoms. The monoisotopic (exact) mass is 345 g/mol. The molecule has 0 unspecified atom stereocenters. The standard InChI is InChI=1S/C15H27N3O4S/c1-12(2)10-17-11-13(9-14(17)19)15(20)16-5-8-23(21,22)18-6-3-4-7-18/h12-13H,3-11H2,1-2H3,(H,16,20)/t13-/m1/s1. The molecule has 1 atom stereocenters. The molecule has 0 aromatic carbocycles. The molecule has 132 valence electrons. The van der Waals surface area contributed by atoms with Crippen molar-refractivity contribution in [3.63, 3.8) is 0 Å². The maximum atomic E-state index is 12.1. The smallest absolute Gasteiger partial charge is 0.225 e. The van der Waals surface area contributed by atoms with Crippen LogP contribution in [0.1, 0.15) is 33.1 Å². The number of sulfonamides is 1. The second-order valence-corrected chi connectivity index (χ2v) is 8.90. The zero-order valence-electron chi connectivity index (χ0n) is 14.0. The second-order valence-electron chi connectivity index (χ2n) is 6.81. The lowest BCUT2D eigenvalue weighted by molar-refractivity contribution is -0.129. The molecule has 2 heterocycles. The van der Waals surface area contributed by atoms with Gasteiger partial charge >= 0.3 is 0 Å². The summed E-state index contributed by atoms with van der Waals surface area (Å²) in [7, 11) is -3.28. The lowest BCUT2D eigenvalue weighted by Crippen LogP contribution is -2.39. The van der Waals surface area contributed by atoms with Gasteiger partial charge in [0.15, 0.2) is 0 Å². The zero-order valence-corrected chi connectivity index (χ0v) is 14.8. The Balaban J connectivity index is 1.76. The summed E-state index contributed by atoms with van der Waals surface area (Å²) in [4.78, 5) is 25.7. The van der Waals surface area contributed by atoms with Gasteiger partial charge in [-0.3, -0.25) is 9.59 Å². The fourth-order valence-corrected chi connectivity index (χ4v) is 4.54. The van der Waals surface area contributed by atoms with Gasteiger partial charge in [0.25, 0.3) is 0 Å². The fraction of sp³-hybridized carbons (Fsp3) is 0.867. The van der Waals surface area contributed by atoms with Gasteiger partial charge in [0.2, 0.25) is 21.8 Å². The van der Waals surface area contributed by atoms with Crippen LogP contribution in [0.4, 0.5) is 0 Å². The fourth-order valence-electron chi connectivity index (χ4n) is 3.11. The van der Waals surface area contributed by atoms with Crippen LogP contribution in [-0.4, -0.2) is 67.9 Å². The molecular formula is C15H27N3O4S. The number of amides is 2. The van der Waals surface area contributed by atoms with Crippen molar-refractivity contribution < 1.29 is 18.0 Å². The van der Waals surface area contributed by atoms with Gasteiger partial charge in [-0.05, 0) is 18.8 Å². The van der Waals surface area contributed by atoms with Gasteiger partial charge in [0.05, 0.1) is 11.7 Å². The molecule has 2 aliphatic rings. The third-order valence-corrected chi connectivity index (χ3v) is 6.16. The van der Waals surface area contributed by atoms with Crippen LogP contribution in [0.25, 0.3) is 0 Å². The van der Waals surface area contributed by atoms with Crippen LogP contribution in [0.2, 0.25) is 0 Å². The van der Waals surface area contributed by atoms with E-state index in [2.05, 4.69) is 5.32 Å². The highest BCUT2D eigenvalue weighted by Gasteiger charge is 2.34. The van der Waals surface area contributed by atoms with E-state index in [1.54, 1.807) is 4.90 Å². The van der Waals surface area contributed by atoms with Gasteiger partial charge in [0, 0.05) is 39.1 Å². The van der Waals surface area contributed by atoms with Crippen molar-refractivity contribution in [3.05, 3.63) is 0 Å². The summed E-state index contributed by atoms with van der Waals surface area (Å²) in [6.07, 6.45) is 2.03. The zero-order chi connectivity index (χ0) is 17.0. The van der Waals surface area contributed by atoms with Gasteiger partial charge in [-0.15, -0.1) is 0 Å². The van der Waals surface area contributed by atoms with Crippen LogP contribution in [0.15, 0.2) is 0 Å². The molecule has 0 aromatic rings. The Bertz CT molecular complexity index is 541. The first kappa shape index (κ1) is 18.2. The summed E-state index contributed by atoms with van der Waals surface area (Å²) in [5.41, 5.74) is 0. The number of carbonyl (C=O) groups excluding carboxylic acids is 2. The van der Waals surface area contributed by atoms with E-state index in [0.717, 1.165) is 12.8 Å². The normalized spacial score (nSPS) is 23.0. The van der Waals surface area contributed by atoms with E-state index in [-0.39, 0.29) is 36.5 Å². The molecule has 2 aliphatic heterocycles. The van der Waals surface area contributed by atoms with Gasteiger partial charge in [-0.25, -0.2) is 12.7 Å². The first-order chi connectivity index (χ1) is 10.8. The van der Waals surface area contributed by atoms with Crippen molar-refractivity contribution in [1.29, 1.82) is 0 Å². The van der Waals surface area contributed by atoms with Gasteiger partial charge < -0.3 is 10.2 Å². The number of hydrogen-bond acceptors (Lipinski definition) is 4. The molecule has 0 bridgehead atoms. The number of likely N-dealkylation sites (tertiary alicyclic amines) is 1. The molecule has 7 nitrogen and oxygen atoms in total. The largest absolute Gasteiger partial charge is 0.355 e. The van der Waals surface area contributed by atoms with Crippen LogP contribution in [0, 0.1) is 11.8 Å². The lowest BCUT2D eigenvalue weighted by Gasteiger charge is -2.19. The summed E-state index contributed by atoms with van der Waals surface area (Å²) in [6, 6.07) is 0. The predicted octanol–water partition coefficient (Wildman–Crippen LogP) is 0.0327. The molecule has 0 radical (unpaired) electrons. The second kappa shape index (κ2) is 7.61. The van der Waals surface area contributed by atoms with E-state index >= 15 is 0 Å². The molecule has 2 amide bonds. The van der Waals surface area contributed by atoms with Gasteiger partial charge in [-0.1, -0.05) is 13.8 Å². The van der Waals surface area contributed by atoms with Crippen molar-refractivity contribution >= 4 is 21.8 Å². The van der Waals surface area contributed by atoms with Gasteiger partial charge in [-0.2, -0.15) is 0 Å². The molecule has 2 saturated heterocycles. The maximum Gasteiger partial charge on any atom is 0.225 e. The average Bonchev–Trinajstić information content (AvgIpc) is 3.09. The third-order valence-electron chi connectivity index (χ3n) is 4.29. The van der Waals surface area contributed by atoms with Crippen molar-refractivity contribution in [1.82, 2.24) is 14.5 Å². The van der Waals surface area contributed by atoms with Crippen LogP contribution in [-0.2, 0) is 19.6 Å². The molecule has 0 aromatic heterocycles. The van der Waals surface area contributed by atoms with Gasteiger partial charge in [0.1, 0.15) is 0 Å². The van der Waals surface area contributed by atoms with Crippen LogP contribution in [0.5, 0.6) is 0 Å². The van der Waals surface area contributed by atoms with Crippen molar-refractivity contribution in [3.8, 4) is 0 Å². The Labute approximate surface area is 138 Å². The summed E-state index contributed by atoms with van der Waals surface area (Å²) >= 11 is 0. The average molecular weight is 345 g/mol. The number of hydrogen-bond donors (Lipinski definition) is 1. The van der Waals surface area contributed by atoms with E-state index in [4.69, 9.17) is 0 Å². The van der Waals surface area contributed by atoms with E-state index in [0.29, 0.717) is 32.1 Å². The van der Waals surface area contributed by atoms with Crippen molar-refractivity contribution in [2.75, 3.05) is 38.5 Å². The molecular weight excluding hydrogens is 318 g/mol. The molecule has 23 heavy (non-hydrogen) atoms. The Morgan fingerprint density at radius 1 is 1.30 bits per heavy atom. The summed E-state index contributed by atoms with van der Waals surface area (Å²) in [5, 5.41) is 2.67. The molecule has 2 fully saturated rings. The Morgan fingerprint density at radius 3 is 2.57 bits per heavy atom. The number of carbonyl (C=O) groups is 2. The minimum absolute atomic E-state index is 0.00328. The van der Waals surface area contributed by atoms with E-state index < -0.39 is 10.0 Å². The molecule has 2 rings (SSSR count). The Morgan fingerprint density at radius 2 is 1.96 bits per heavy atom. The van der Waals surface area contributed by atoms with Crippen molar-refractivity contribution in [2.45, 2.75) is 33.1 Å². The molecule has 0 aliphatic carbocycles. The Hall–Kier alpha value is -1.15. The highest BCUT2D eigenvalue weighted by atomic mass is 32.2. The summed E-state index contributed by atoms with van der Waals surface area (Å²) < 4.78 is 25.6. The van der Waals surface area contributed by atoms with E-state index in [9.17, 15) is 18.0 Å². The Kier molecular flexibility index (Phi) is 6.02. The van der Waals surface area contributed by atoms with Crippen LogP contribution in [0.3, 0.4) is 0 Å². The SMILES string of the molecule is CC(C)CN1C[C@H](C(=O)NCCS(=O)(=O)N2CCCC2)CC1=O. The minimum atomic E-state index is -3.28. The van der Waals surface area contributed by atoms with E-state index in [1.165, 1.54) is 4.31 Å². The topological polar surface area (TPSA) is 86.8 Å².